The van der Waals surface area contributed by atoms with E-state index in [1.807, 2.05) is 28.5 Å². The Hall–Kier alpha value is -1.91. The van der Waals surface area contributed by atoms with Crippen LogP contribution in [-0.4, -0.2) is 41.4 Å². The summed E-state index contributed by atoms with van der Waals surface area (Å²) < 4.78 is 0. The topological polar surface area (TPSA) is 23.6 Å². The molecule has 0 radical (unpaired) electrons. The minimum absolute atomic E-state index is 0.142. The number of likely N-dealkylation sites (tertiary alicyclic amines) is 1. The van der Waals surface area contributed by atoms with E-state index in [0.29, 0.717) is 6.04 Å². The summed E-state index contributed by atoms with van der Waals surface area (Å²) in [6.07, 6.45) is 5.86. The summed E-state index contributed by atoms with van der Waals surface area (Å²) in [6.45, 7) is 3.86. The first kappa shape index (κ1) is 15.6. The second-order valence-corrected chi connectivity index (χ2v) is 7.54. The maximum atomic E-state index is 12.4. The number of nitrogens with zero attached hydrogens (tertiary/aromatic N) is 2. The average Bonchev–Trinajstić information content (AvgIpc) is 3.31. The highest BCUT2D eigenvalue weighted by atomic mass is 32.1. The highest BCUT2D eigenvalue weighted by Crippen LogP contribution is 2.24. The monoisotopic (exact) mass is 338 g/mol. The first-order valence-corrected chi connectivity index (χ1v) is 9.49. The van der Waals surface area contributed by atoms with Crippen LogP contribution in [0, 0.1) is 0 Å². The molecule has 4 heteroatoms. The molecule has 0 spiro atoms. The predicted molar refractivity (Wildman–Crippen MR) is 98.9 cm³/mol. The van der Waals surface area contributed by atoms with E-state index in [1.54, 1.807) is 17.4 Å². The van der Waals surface area contributed by atoms with Crippen LogP contribution in [0.2, 0.25) is 0 Å². The second kappa shape index (κ2) is 6.91. The fourth-order valence-electron chi connectivity index (χ4n) is 3.71. The molecule has 1 aromatic heterocycles. The van der Waals surface area contributed by atoms with E-state index >= 15 is 0 Å². The number of thiophene rings is 1. The van der Waals surface area contributed by atoms with Crippen molar-refractivity contribution in [2.75, 3.05) is 19.6 Å². The Morgan fingerprint density at radius 1 is 1.12 bits per heavy atom. The van der Waals surface area contributed by atoms with Crippen LogP contribution in [0.15, 0.2) is 47.9 Å². The highest BCUT2D eigenvalue weighted by molar-refractivity contribution is 7.10. The molecule has 0 bridgehead atoms. The first-order valence-electron chi connectivity index (χ1n) is 8.61. The number of rotatable bonds is 3. The average molecular weight is 338 g/mol. The van der Waals surface area contributed by atoms with Crippen molar-refractivity contribution in [1.82, 2.24) is 9.80 Å². The van der Waals surface area contributed by atoms with Crippen molar-refractivity contribution in [2.24, 2.45) is 0 Å². The number of benzene rings is 1. The van der Waals surface area contributed by atoms with Crippen LogP contribution in [0.5, 0.6) is 0 Å². The minimum Gasteiger partial charge on any atom is -0.338 e. The molecule has 3 nitrogen and oxygen atoms in total. The third-order valence-electron chi connectivity index (χ3n) is 5.08. The van der Waals surface area contributed by atoms with Gasteiger partial charge >= 0.3 is 0 Å². The van der Waals surface area contributed by atoms with Crippen LogP contribution >= 0.6 is 11.3 Å². The van der Waals surface area contributed by atoms with Gasteiger partial charge in [-0.25, -0.2) is 0 Å². The summed E-state index contributed by atoms with van der Waals surface area (Å²) in [7, 11) is 0. The Morgan fingerprint density at radius 2 is 2.00 bits per heavy atom. The zero-order chi connectivity index (χ0) is 16.4. The lowest BCUT2D eigenvalue weighted by atomic mass is 9.98. The van der Waals surface area contributed by atoms with Crippen molar-refractivity contribution in [2.45, 2.75) is 25.4 Å². The van der Waals surface area contributed by atoms with Crippen molar-refractivity contribution < 1.29 is 4.79 Å². The van der Waals surface area contributed by atoms with Gasteiger partial charge in [0.05, 0.1) is 0 Å². The summed E-state index contributed by atoms with van der Waals surface area (Å²) >= 11 is 1.66. The molecule has 1 amide bonds. The lowest BCUT2D eigenvalue weighted by molar-refractivity contribution is -0.125. The number of fused-ring (bicyclic) bond motifs is 1. The van der Waals surface area contributed by atoms with Gasteiger partial charge in [0.25, 0.3) is 0 Å². The van der Waals surface area contributed by atoms with E-state index in [0.717, 1.165) is 43.9 Å². The molecule has 124 valence electrons. The molecular weight excluding hydrogens is 316 g/mol. The van der Waals surface area contributed by atoms with E-state index in [1.165, 1.54) is 11.1 Å². The van der Waals surface area contributed by atoms with Crippen LogP contribution in [0.3, 0.4) is 0 Å². The molecule has 2 aromatic rings. The molecule has 2 aliphatic heterocycles. The van der Waals surface area contributed by atoms with Gasteiger partial charge in [-0.3, -0.25) is 9.69 Å². The van der Waals surface area contributed by atoms with Gasteiger partial charge in [-0.05, 0) is 41.5 Å². The normalized spacial score (nSPS) is 21.3. The Morgan fingerprint density at radius 3 is 2.83 bits per heavy atom. The molecule has 24 heavy (non-hydrogen) atoms. The summed E-state index contributed by atoms with van der Waals surface area (Å²) in [5.41, 5.74) is 2.93. The number of carbonyl (C=O) groups excluding carboxylic acids is 1. The Bertz CT molecular complexity index is 738. The smallest absolute Gasteiger partial charge is 0.246 e. The van der Waals surface area contributed by atoms with E-state index in [9.17, 15) is 4.79 Å². The van der Waals surface area contributed by atoms with Gasteiger partial charge in [0.1, 0.15) is 0 Å². The molecule has 0 saturated carbocycles. The summed E-state index contributed by atoms with van der Waals surface area (Å²) in [5.74, 6) is 0.142. The van der Waals surface area contributed by atoms with Gasteiger partial charge in [-0.2, -0.15) is 0 Å². The zero-order valence-corrected chi connectivity index (χ0v) is 14.5. The van der Waals surface area contributed by atoms with E-state index in [4.69, 9.17) is 0 Å². The first-order chi connectivity index (χ1) is 11.8. The second-order valence-electron chi connectivity index (χ2n) is 6.56. The Labute approximate surface area is 147 Å². The maximum Gasteiger partial charge on any atom is 0.246 e. The van der Waals surface area contributed by atoms with Gasteiger partial charge in [0.15, 0.2) is 0 Å². The van der Waals surface area contributed by atoms with Crippen molar-refractivity contribution in [1.29, 1.82) is 0 Å². The SMILES string of the molecule is O=C(/C=C/c1cccs1)N1CC[C@@H](N2CCc3ccccc3C2)C1. The quantitative estimate of drug-likeness (QED) is 0.801. The summed E-state index contributed by atoms with van der Waals surface area (Å²) in [6, 6.07) is 13.3. The van der Waals surface area contributed by atoms with Gasteiger partial charge < -0.3 is 4.90 Å². The molecule has 1 aromatic carbocycles. The number of hydrogen-bond acceptors (Lipinski definition) is 3. The van der Waals surface area contributed by atoms with E-state index < -0.39 is 0 Å². The third-order valence-corrected chi connectivity index (χ3v) is 5.92. The molecule has 1 atom stereocenters. The zero-order valence-electron chi connectivity index (χ0n) is 13.7. The Balaban J connectivity index is 1.36. The van der Waals surface area contributed by atoms with Gasteiger partial charge in [-0.15, -0.1) is 11.3 Å². The molecule has 1 saturated heterocycles. The maximum absolute atomic E-state index is 12.4. The summed E-state index contributed by atoms with van der Waals surface area (Å²) in [4.78, 5) is 18.1. The van der Waals surface area contributed by atoms with E-state index in [2.05, 4.69) is 29.2 Å². The van der Waals surface area contributed by atoms with Gasteiger partial charge in [-0.1, -0.05) is 30.3 Å². The van der Waals surface area contributed by atoms with Crippen LogP contribution in [0.25, 0.3) is 6.08 Å². The van der Waals surface area contributed by atoms with Crippen LogP contribution < -0.4 is 0 Å². The standard InChI is InChI=1S/C20H22N2OS/c23-20(8-7-19-6-3-13-24-19)22-12-10-18(15-22)21-11-9-16-4-1-2-5-17(16)14-21/h1-8,13,18H,9-12,14-15H2/b8-7+/t18-/m1/s1. The van der Waals surface area contributed by atoms with Crippen LogP contribution in [0.1, 0.15) is 22.4 Å². The third kappa shape index (κ3) is 3.30. The lowest BCUT2D eigenvalue weighted by Crippen LogP contribution is -2.41. The molecule has 2 aliphatic rings. The van der Waals surface area contributed by atoms with Crippen molar-refractivity contribution in [3.63, 3.8) is 0 Å². The predicted octanol–water partition coefficient (Wildman–Crippen LogP) is 3.42. The van der Waals surface area contributed by atoms with Crippen molar-refractivity contribution in [3.05, 3.63) is 63.9 Å². The molecule has 0 N–H and O–H groups in total. The number of hydrogen-bond donors (Lipinski definition) is 0. The Kier molecular flexibility index (Phi) is 4.50. The van der Waals surface area contributed by atoms with Crippen molar-refractivity contribution in [3.8, 4) is 0 Å². The van der Waals surface area contributed by atoms with Gasteiger partial charge in [0.2, 0.25) is 5.91 Å². The molecular formula is C20H22N2OS. The minimum atomic E-state index is 0.142. The molecule has 1 fully saturated rings. The summed E-state index contributed by atoms with van der Waals surface area (Å²) in [5, 5.41) is 2.03. The van der Waals surface area contributed by atoms with Crippen molar-refractivity contribution >= 4 is 23.3 Å². The number of carbonyl (C=O) groups is 1. The lowest BCUT2D eigenvalue weighted by Gasteiger charge is -2.33. The molecule has 3 heterocycles. The van der Waals surface area contributed by atoms with Crippen LogP contribution in [-0.2, 0) is 17.8 Å². The highest BCUT2D eigenvalue weighted by Gasteiger charge is 2.31. The molecule has 0 unspecified atom stereocenters. The molecule has 4 rings (SSSR count). The van der Waals surface area contributed by atoms with E-state index in [-0.39, 0.29) is 5.91 Å². The number of amides is 1. The largest absolute Gasteiger partial charge is 0.338 e. The van der Waals surface area contributed by atoms with Gasteiger partial charge in [0, 0.05) is 43.2 Å². The van der Waals surface area contributed by atoms with Crippen LogP contribution in [0.4, 0.5) is 0 Å². The fourth-order valence-corrected chi connectivity index (χ4v) is 4.33. The fraction of sp³-hybridized carbons (Fsp3) is 0.350. The molecule has 0 aliphatic carbocycles.